The van der Waals surface area contributed by atoms with Crippen molar-refractivity contribution >= 4 is 34.5 Å². The maximum Gasteiger partial charge on any atom is 0.480 e. The summed E-state index contributed by atoms with van der Waals surface area (Å²) >= 11 is 0. The number of imidazole rings is 1. The van der Waals surface area contributed by atoms with Gasteiger partial charge in [0.25, 0.3) is 5.56 Å². The number of hydrogen-bond acceptors (Lipinski definition) is 11. The first-order valence-corrected chi connectivity index (χ1v) is 12.7. The van der Waals surface area contributed by atoms with E-state index in [0.717, 1.165) is 22.1 Å². The zero-order chi connectivity index (χ0) is 23.2. The summed E-state index contributed by atoms with van der Waals surface area (Å²) in [5.74, 6) is 0. The summed E-state index contributed by atoms with van der Waals surface area (Å²) in [7, 11) is -16.2. The normalized spacial score (nSPS) is 28.5. The summed E-state index contributed by atoms with van der Waals surface area (Å²) < 4.78 is 48.7. The Bertz CT molecular complexity index is 1160. The molecule has 21 heteroatoms. The SMILES string of the molecule is O=c1[nH]cnc2c1ncn2[C@@H]1O[C@H](COP(=O)(O)OP(=O)(O)NP(=O)(O)O)[C@@H](O)[C@H]1O. The molecule has 0 aromatic carbocycles. The van der Waals surface area contributed by atoms with E-state index in [0.29, 0.717) is 0 Å². The molecular formula is C10H16N5O13P3. The van der Waals surface area contributed by atoms with Crippen LogP contribution in [-0.2, 0) is 27.3 Å². The van der Waals surface area contributed by atoms with E-state index in [2.05, 4.69) is 23.8 Å². The molecule has 0 aliphatic carbocycles. The molecule has 8 N–H and O–H groups in total. The Balaban J connectivity index is 1.70. The molecule has 1 aliphatic rings. The van der Waals surface area contributed by atoms with Gasteiger partial charge in [0.2, 0.25) is 0 Å². The second-order valence-electron chi connectivity index (χ2n) is 6.11. The van der Waals surface area contributed by atoms with Crippen molar-refractivity contribution in [1.82, 2.24) is 24.4 Å². The second kappa shape index (κ2) is 8.53. The number of aliphatic hydroxyl groups excluding tert-OH is 2. The van der Waals surface area contributed by atoms with Gasteiger partial charge in [0.15, 0.2) is 17.4 Å². The first kappa shape index (κ1) is 24.3. The van der Waals surface area contributed by atoms with Crippen LogP contribution >= 0.6 is 23.3 Å². The van der Waals surface area contributed by atoms with Gasteiger partial charge in [-0.2, -0.15) is 4.31 Å². The number of hydrogen-bond donors (Lipinski definition) is 8. The fourth-order valence-electron chi connectivity index (χ4n) is 2.66. The van der Waals surface area contributed by atoms with Crippen LogP contribution < -0.4 is 10.4 Å². The second-order valence-corrected chi connectivity index (χ2v) is 10.9. The monoisotopic (exact) mass is 507 g/mol. The molecule has 0 radical (unpaired) electrons. The van der Waals surface area contributed by atoms with Gasteiger partial charge in [0.05, 0.1) is 19.3 Å². The summed E-state index contributed by atoms with van der Waals surface area (Å²) in [4.78, 5) is 58.4. The lowest BCUT2D eigenvalue weighted by atomic mass is 10.1. The highest BCUT2D eigenvalue weighted by Crippen LogP contribution is 2.61. The Kier molecular flexibility index (Phi) is 6.68. The lowest BCUT2D eigenvalue weighted by Crippen LogP contribution is -2.33. The molecule has 1 saturated heterocycles. The van der Waals surface area contributed by atoms with Gasteiger partial charge in [-0.1, -0.05) is 0 Å². The average molecular weight is 507 g/mol. The van der Waals surface area contributed by atoms with Gasteiger partial charge >= 0.3 is 23.3 Å². The first-order chi connectivity index (χ1) is 14.2. The van der Waals surface area contributed by atoms with E-state index in [1.165, 1.54) is 0 Å². The van der Waals surface area contributed by atoms with Crippen molar-refractivity contribution < 1.29 is 57.1 Å². The number of nitrogens with zero attached hydrogens (tertiary/aromatic N) is 3. The minimum absolute atomic E-state index is 0.00228. The van der Waals surface area contributed by atoms with Gasteiger partial charge in [-0.25, -0.2) is 23.7 Å². The molecule has 1 fully saturated rings. The number of phosphoric ester groups is 1. The lowest BCUT2D eigenvalue weighted by Gasteiger charge is -2.19. The molecule has 2 unspecified atom stereocenters. The van der Waals surface area contributed by atoms with Gasteiger partial charge < -0.3 is 39.5 Å². The van der Waals surface area contributed by atoms with Crippen LogP contribution in [0.15, 0.2) is 17.4 Å². The smallest absolute Gasteiger partial charge is 0.387 e. The Morgan fingerprint density at radius 2 is 1.84 bits per heavy atom. The van der Waals surface area contributed by atoms with Crippen molar-refractivity contribution in [1.29, 1.82) is 0 Å². The molecule has 0 amide bonds. The summed E-state index contributed by atoms with van der Waals surface area (Å²) in [6, 6.07) is 0. The molecule has 0 bridgehead atoms. The molecule has 1 aliphatic heterocycles. The molecule has 0 saturated carbocycles. The zero-order valence-corrected chi connectivity index (χ0v) is 17.6. The van der Waals surface area contributed by atoms with Gasteiger partial charge in [0.1, 0.15) is 18.3 Å². The fourth-order valence-corrected chi connectivity index (χ4v) is 6.09. The molecule has 2 aromatic rings. The summed E-state index contributed by atoms with van der Waals surface area (Å²) in [5, 5.41) is 20.4. The van der Waals surface area contributed by atoms with Crippen LogP contribution in [0.4, 0.5) is 0 Å². The summed E-state index contributed by atoms with van der Waals surface area (Å²) in [6.45, 7) is -0.959. The van der Waals surface area contributed by atoms with Crippen molar-refractivity contribution in [2.24, 2.45) is 0 Å². The number of H-pyrrole nitrogens is 1. The maximum atomic E-state index is 11.8. The molecule has 6 atom stereocenters. The van der Waals surface area contributed by atoms with Crippen LogP contribution in [0.3, 0.4) is 0 Å². The predicted octanol–water partition coefficient (Wildman–Crippen LogP) is -2.34. The molecule has 174 valence electrons. The molecule has 2 aromatic heterocycles. The minimum Gasteiger partial charge on any atom is -0.387 e. The zero-order valence-electron chi connectivity index (χ0n) is 14.9. The van der Waals surface area contributed by atoms with E-state index in [9.17, 15) is 38.5 Å². The standard InChI is InChI=1S/C10H16N5O13P3/c16-6-4(1-26-31(24,25)28-30(22,23)14-29(19,20)21)27-10(7(6)17)15-3-13-5-8(15)11-2-12-9(5)18/h2-4,6-7,10,16-17H,1H2,(H,24,25)(H,11,12,18)(H4,14,19,20,21,22,23)/t4-,6-,7-,10-/m1/s1. The number of aromatic amines is 1. The summed E-state index contributed by atoms with van der Waals surface area (Å²) in [6.07, 6.45) is -3.98. The number of phosphoric acid groups is 1. The number of ether oxygens (including phenoxy) is 1. The van der Waals surface area contributed by atoms with Crippen molar-refractivity contribution in [3.63, 3.8) is 0 Å². The third kappa shape index (κ3) is 5.71. The fraction of sp³-hybridized carbons (Fsp3) is 0.500. The number of rotatable bonds is 8. The largest absolute Gasteiger partial charge is 0.480 e. The Morgan fingerprint density at radius 3 is 2.48 bits per heavy atom. The Hall–Kier alpha value is -1.36. The van der Waals surface area contributed by atoms with Crippen molar-refractivity contribution in [3.8, 4) is 0 Å². The highest BCUT2D eigenvalue weighted by molar-refractivity contribution is 7.70. The van der Waals surface area contributed by atoms with Crippen LogP contribution in [0.1, 0.15) is 6.23 Å². The van der Waals surface area contributed by atoms with Crippen molar-refractivity contribution in [2.45, 2.75) is 24.5 Å². The average Bonchev–Trinajstić information content (AvgIpc) is 3.13. The predicted molar refractivity (Wildman–Crippen MR) is 95.9 cm³/mol. The highest BCUT2D eigenvalue weighted by atomic mass is 31.3. The molecular weight excluding hydrogens is 491 g/mol. The molecule has 3 heterocycles. The highest BCUT2D eigenvalue weighted by Gasteiger charge is 2.46. The van der Waals surface area contributed by atoms with E-state index in [-0.39, 0.29) is 11.2 Å². The van der Waals surface area contributed by atoms with E-state index >= 15 is 0 Å². The third-order valence-corrected chi connectivity index (χ3v) is 8.09. The number of aromatic nitrogens is 4. The lowest BCUT2D eigenvalue weighted by molar-refractivity contribution is -0.0502. The third-order valence-electron chi connectivity index (χ3n) is 3.85. The van der Waals surface area contributed by atoms with E-state index in [1.54, 1.807) is 0 Å². The van der Waals surface area contributed by atoms with Crippen LogP contribution in [-0.4, -0.2) is 74.2 Å². The van der Waals surface area contributed by atoms with E-state index in [1.807, 2.05) is 0 Å². The number of nitrogens with one attached hydrogen (secondary N) is 2. The van der Waals surface area contributed by atoms with Crippen LogP contribution in [0.5, 0.6) is 0 Å². The van der Waals surface area contributed by atoms with E-state index in [4.69, 9.17) is 14.5 Å². The van der Waals surface area contributed by atoms with E-state index < -0.39 is 60.0 Å². The van der Waals surface area contributed by atoms with Crippen molar-refractivity contribution in [3.05, 3.63) is 23.0 Å². The van der Waals surface area contributed by atoms with Crippen LogP contribution in [0, 0.1) is 0 Å². The van der Waals surface area contributed by atoms with Crippen LogP contribution in [0.25, 0.3) is 11.2 Å². The molecule has 31 heavy (non-hydrogen) atoms. The first-order valence-electron chi connectivity index (χ1n) is 7.97. The van der Waals surface area contributed by atoms with Gasteiger partial charge in [-0.3, -0.25) is 13.9 Å². The maximum absolute atomic E-state index is 11.8. The van der Waals surface area contributed by atoms with Crippen molar-refractivity contribution in [2.75, 3.05) is 6.61 Å². The Labute approximate surface area is 170 Å². The van der Waals surface area contributed by atoms with Gasteiger partial charge in [-0.05, 0) is 0 Å². The Morgan fingerprint density at radius 1 is 1.16 bits per heavy atom. The molecule has 18 nitrogen and oxygen atoms in total. The minimum atomic E-state index is -5.47. The number of fused-ring (bicyclic) bond motifs is 1. The van der Waals surface area contributed by atoms with Crippen LogP contribution in [0.2, 0.25) is 0 Å². The molecule has 3 rings (SSSR count). The summed E-state index contributed by atoms with van der Waals surface area (Å²) in [5.41, 5.74) is -0.660. The number of aliphatic hydroxyl groups is 2. The topological polar surface area (TPSA) is 276 Å². The van der Waals surface area contributed by atoms with Gasteiger partial charge in [0, 0.05) is 0 Å². The quantitative estimate of drug-likeness (QED) is 0.174. The van der Waals surface area contributed by atoms with Gasteiger partial charge in [-0.15, -0.1) is 4.86 Å². The molecule has 0 spiro atoms.